The summed E-state index contributed by atoms with van der Waals surface area (Å²) in [5.74, 6) is -1.24. The normalized spacial score (nSPS) is 15.3. The molecule has 4 rings (SSSR count). The smallest absolute Gasteiger partial charge is 0.269 e. The molecule has 0 saturated carbocycles. The van der Waals surface area contributed by atoms with Crippen molar-refractivity contribution in [1.82, 2.24) is 15.3 Å². The number of nitrogens with zero attached hydrogens (tertiary/aromatic N) is 2. The number of rotatable bonds is 7. The van der Waals surface area contributed by atoms with Crippen LogP contribution < -0.4 is 10.7 Å². The van der Waals surface area contributed by atoms with Crippen molar-refractivity contribution >= 4 is 68.3 Å². The Morgan fingerprint density at radius 1 is 1.00 bits per heavy atom. The Morgan fingerprint density at radius 2 is 1.71 bits per heavy atom. The molecular formula is C25H20BrClN4O3S. The number of carbonyl (C=O) groups is 3. The summed E-state index contributed by atoms with van der Waals surface area (Å²) in [6.07, 6.45) is -0.211. The lowest BCUT2D eigenvalue weighted by Gasteiger charge is -2.24. The molecule has 0 spiro atoms. The van der Waals surface area contributed by atoms with E-state index in [0.29, 0.717) is 16.3 Å². The number of anilines is 1. The topological polar surface area (TPSA) is 81.8 Å². The van der Waals surface area contributed by atoms with E-state index in [-0.39, 0.29) is 24.0 Å². The molecule has 0 aliphatic carbocycles. The van der Waals surface area contributed by atoms with Gasteiger partial charge in [-0.3, -0.25) is 24.7 Å². The molecule has 0 radical (unpaired) electrons. The maximum absolute atomic E-state index is 13.4. The molecule has 1 atom stereocenters. The zero-order chi connectivity index (χ0) is 24.9. The second kappa shape index (κ2) is 11.0. The van der Waals surface area contributed by atoms with E-state index in [0.717, 1.165) is 10.0 Å². The maximum atomic E-state index is 13.4. The Hall–Kier alpha value is -3.27. The molecule has 1 unspecified atom stereocenters. The highest BCUT2D eigenvalue weighted by Crippen LogP contribution is 2.23. The largest absolute Gasteiger partial charge is 0.326 e. The number of halogens is 2. The number of hydrazine groups is 1. The summed E-state index contributed by atoms with van der Waals surface area (Å²) in [4.78, 5) is 40.5. The monoisotopic (exact) mass is 570 g/mol. The molecule has 2 N–H and O–H groups in total. The van der Waals surface area contributed by atoms with Crippen LogP contribution in [0.2, 0.25) is 5.02 Å². The number of hydrogen-bond donors (Lipinski definition) is 2. The standard InChI is InChI=1S/C25H20BrClN4O3S/c26-18-7-4-8-20(13-18)28-22(32)14-21-24(34)30(15-16-5-2-1-3-6-16)25(35)31(21)29-23(33)17-9-11-19(27)12-10-17/h1-13,21H,14-15H2,(H,28,32)(H,29,33). The van der Waals surface area contributed by atoms with Crippen molar-refractivity contribution in [2.45, 2.75) is 19.0 Å². The van der Waals surface area contributed by atoms with Crippen molar-refractivity contribution < 1.29 is 14.4 Å². The fourth-order valence-corrected chi connectivity index (χ4v) is 4.45. The molecule has 10 heteroatoms. The highest BCUT2D eigenvalue weighted by Gasteiger charge is 2.44. The lowest BCUT2D eigenvalue weighted by atomic mass is 10.1. The lowest BCUT2D eigenvalue weighted by Crippen LogP contribution is -2.49. The predicted molar refractivity (Wildman–Crippen MR) is 142 cm³/mol. The highest BCUT2D eigenvalue weighted by molar-refractivity contribution is 9.10. The van der Waals surface area contributed by atoms with Crippen LogP contribution in [0, 0.1) is 0 Å². The molecule has 7 nitrogen and oxygen atoms in total. The zero-order valence-corrected chi connectivity index (χ0v) is 21.4. The summed E-state index contributed by atoms with van der Waals surface area (Å²) in [5, 5.41) is 4.68. The quantitative estimate of drug-likeness (QED) is 0.399. The average molecular weight is 572 g/mol. The summed E-state index contributed by atoms with van der Waals surface area (Å²) < 4.78 is 0.805. The second-order valence-corrected chi connectivity index (χ2v) is 9.51. The number of amides is 3. The van der Waals surface area contributed by atoms with Gasteiger partial charge in [-0.25, -0.2) is 5.01 Å². The molecule has 3 amide bonds. The summed E-state index contributed by atoms with van der Waals surface area (Å²) in [5.41, 5.74) is 4.48. The van der Waals surface area contributed by atoms with Crippen LogP contribution in [0.5, 0.6) is 0 Å². The van der Waals surface area contributed by atoms with Gasteiger partial charge in [0.05, 0.1) is 13.0 Å². The molecule has 1 fully saturated rings. The molecule has 178 valence electrons. The van der Waals surface area contributed by atoms with E-state index in [4.69, 9.17) is 23.8 Å². The van der Waals surface area contributed by atoms with Crippen LogP contribution in [0.4, 0.5) is 5.69 Å². The van der Waals surface area contributed by atoms with Crippen LogP contribution >= 0.6 is 39.7 Å². The zero-order valence-electron chi connectivity index (χ0n) is 18.3. The van der Waals surface area contributed by atoms with Crippen LogP contribution in [-0.4, -0.2) is 38.8 Å². The Bertz CT molecular complexity index is 1270. The van der Waals surface area contributed by atoms with E-state index in [2.05, 4.69) is 26.7 Å². The fraction of sp³-hybridized carbons (Fsp3) is 0.120. The van der Waals surface area contributed by atoms with Gasteiger partial charge in [0.15, 0.2) is 5.11 Å². The van der Waals surface area contributed by atoms with Crippen molar-refractivity contribution in [3.05, 3.63) is 99.5 Å². The third-order valence-corrected chi connectivity index (χ3v) is 6.46. The molecule has 1 aliphatic heterocycles. The van der Waals surface area contributed by atoms with Gasteiger partial charge in [-0.15, -0.1) is 0 Å². The van der Waals surface area contributed by atoms with E-state index in [9.17, 15) is 14.4 Å². The van der Waals surface area contributed by atoms with Crippen molar-refractivity contribution in [2.24, 2.45) is 0 Å². The molecule has 3 aromatic carbocycles. The minimum atomic E-state index is -1.00. The van der Waals surface area contributed by atoms with Gasteiger partial charge in [-0.1, -0.05) is 63.9 Å². The fourth-order valence-electron chi connectivity index (χ4n) is 3.59. The molecule has 35 heavy (non-hydrogen) atoms. The van der Waals surface area contributed by atoms with Crippen molar-refractivity contribution in [3.8, 4) is 0 Å². The van der Waals surface area contributed by atoms with E-state index >= 15 is 0 Å². The molecule has 0 aromatic heterocycles. The first-order valence-corrected chi connectivity index (χ1v) is 12.2. The maximum Gasteiger partial charge on any atom is 0.269 e. The SMILES string of the molecule is O=C(CC1C(=O)N(Cc2ccccc2)C(=S)N1NC(=O)c1ccc(Cl)cc1)Nc1cccc(Br)c1. The number of carbonyl (C=O) groups excluding carboxylic acids is 3. The van der Waals surface area contributed by atoms with Crippen molar-refractivity contribution in [2.75, 3.05) is 5.32 Å². The van der Waals surface area contributed by atoms with Gasteiger partial charge in [0.2, 0.25) is 5.91 Å². The molecule has 1 saturated heterocycles. The summed E-state index contributed by atoms with van der Waals surface area (Å²) in [6, 6.07) is 21.8. The van der Waals surface area contributed by atoms with Gasteiger partial charge in [0, 0.05) is 20.7 Å². The molecule has 3 aromatic rings. The van der Waals surface area contributed by atoms with Crippen LogP contribution in [-0.2, 0) is 16.1 Å². The van der Waals surface area contributed by atoms with Gasteiger partial charge in [0.25, 0.3) is 11.8 Å². The van der Waals surface area contributed by atoms with Gasteiger partial charge < -0.3 is 5.32 Å². The highest BCUT2D eigenvalue weighted by atomic mass is 79.9. The first-order chi connectivity index (χ1) is 16.8. The molecule has 0 bridgehead atoms. The second-order valence-electron chi connectivity index (χ2n) is 7.79. The van der Waals surface area contributed by atoms with Gasteiger partial charge in [-0.2, -0.15) is 0 Å². The van der Waals surface area contributed by atoms with Gasteiger partial charge in [-0.05, 0) is 60.2 Å². The van der Waals surface area contributed by atoms with Crippen molar-refractivity contribution in [1.29, 1.82) is 0 Å². The third kappa shape index (κ3) is 6.05. The van der Waals surface area contributed by atoms with E-state index in [1.165, 1.54) is 9.91 Å². The molecular weight excluding hydrogens is 552 g/mol. The number of hydrogen-bond acceptors (Lipinski definition) is 4. The number of nitrogens with one attached hydrogen (secondary N) is 2. The minimum Gasteiger partial charge on any atom is -0.326 e. The summed E-state index contributed by atoms with van der Waals surface area (Å²) >= 11 is 14.8. The summed E-state index contributed by atoms with van der Waals surface area (Å²) in [7, 11) is 0. The van der Waals surface area contributed by atoms with Crippen LogP contribution in [0.3, 0.4) is 0 Å². The number of thiocarbonyl (C=S) groups is 1. The number of benzene rings is 3. The average Bonchev–Trinajstić information content (AvgIpc) is 3.04. The lowest BCUT2D eigenvalue weighted by molar-refractivity contribution is -0.131. The predicted octanol–water partition coefficient (Wildman–Crippen LogP) is 4.77. The van der Waals surface area contributed by atoms with E-state index in [1.54, 1.807) is 42.5 Å². The first-order valence-electron chi connectivity index (χ1n) is 10.6. The van der Waals surface area contributed by atoms with Gasteiger partial charge in [0.1, 0.15) is 6.04 Å². The van der Waals surface area contributed by atoms with E-state index < -0.39 is 17.9 Å². The molecule has 1 heterocycles. The van der Waals surface area contributed by atoms with Crippen LogP contribution in [0.25, 0.3) is 0 Å². The summed E-state index contributed by atoms with van der Waals surface area (Å²) in [6.45, 7) is 0.218. The Morgan fingerprint density at radius 3 is 2.40 bits per heavy atom. The minimum absolute atomic E-state index is 0.112. The van der Waals surface area contributed by atoms with Gasteiger partial charge >= 0.3 is 0 Å². The molecule has 1 aliphatic rings. The first kappa shape index (κ1) is 24.8. The third-order valence-electron chi connectivity index (χ3n) is 5.30. The van der Waals surface area contributed by atoms with Crippen LogP contribution in [0.15, 0.2) is 83.3 Å². The van der Waals surface area contributed by atoms with E-state index in [1.807, 2.05) is 36.4 Å². The Balaban J connectivity index is 1.56. The van der Waals surface area contributed by atoms with Crippen LogP contribution in [0.1, 0.15) is 22.3 Å². The van der Waals surface area contributed by atoms with Crippen molar-refractivity contribution in [3.63, 3.8) is 0 Å². The Kier molecular flexibility index (Phi) is 7.80. The Labute approximate surface area is 221 Å².